The number of carbonyl (C=O) groups is 1. The molecule has 0 fully saturated rings. The summed E-state index contributed by atoms with van der Waals surface area (Å²) in [5, 5.41) is 6.29. The fraction of sp³-hybridized carbons (Fsp3) is 0.611. The van der Waals surface area contributed by atoms with E-state index < -0.39 is 5.60 Å². The molecule has 0 aliphatic heterocycles. The molecule has 1 aromatic rings. The van der Waals surface area contributed by atoms with Crippen molar-refractivity contribution >= 4 is 6.09 Å². The molecule has 0 radical (unpaired) electrons. The zero-order chi connectivity index (χ0) is 16.6. The second kappa shape index (κ2) is 8.18. The SMILES string of the molecule is CC(C)(CNC(=O)OC(C)(C)C)NCCCc1ccccc1. The zero-order valence-electron chi connectivity index (χ0n) is 14.5. The first-order valence-electron chi connectivity index (χ1n) is 7.94. The maximum Gasteiger partial charge on any atom is 0.407 e. The average Bonchev–Trinajstić information content (AvgIpc) is 2.41. The van der Waals surface area contributed by atoms with Gasteiger partial charge in [-0.15, -0.1) is 0 Å². The molecule has 0 aliphatic rings. The van der Waals surface area contributed by atoms with Crippen molar-refractivity contribution in [1.29, 1.82) is 0 Å². The summed E-state index contributed by atoms with van der Waals surface area (Å²) in [6.45, 7) is 11.2. The summed E-state index contributed by atoms with van der Waals surface area (Å²) in [6.07, 6.45) is 1.76. The Morgan fingerprint density at radius 1 is 1.09 bits per heavy atom. The van der Waals surface area contributed by atoms with Gasteiger partial charge in [0.05, 0.1) is 0 Å². The van der Waals surface area contributed by atoms with Crippen LogP contribution in [0.5, 0.6) is 0 Å². The highest BCUT2D eigenvalue weighted by Gasteiger charge is 2.20. The Labute approximate surface area is 134 Å². The Bertz CT molecular complexity index is 450. The monoisotopic (exact) mass is 306 g/mol. The minimum atomic E-state index is -0.461. The first-order chi connectivity index (χ1) is 10.2. The number of hydrogen-bond donors (Lipinski definition) is 2. The Hall–Kier alpha value is -1.55. The average molecular weight is 306 g/mol. The second-order valence-corrected chi connectivity index (χ2v) is 7.26. The van der Waals surface area contributed by atoms with Crippen LogP contribution in [0.2, 0.25) is 0 Å². The molecule has 0 spiro atoms. The molecule has 0 saturated heterocycles. The van der Waals surface area contributed by atoms with Crippen molar-refractivity contribution in [3.63, 3.8) is 0 Å². The first kappa shape index (κ1) is 18.5. The van der Waals surface area contributed by atoms with Crippen LogP contribution in [0, 0.1) is 0 Å². The van der Waals surface area contributed by atoms with E-state index in [1.165, 1.54) is 5.56 Å². The highest BCUT2D eigenvalue weighted by molar-refractivity contribution is 5.67. The highest BCUT2D eigenvalue weighted by atomic mass is 16.6. The van der Waals surface area contributed by atoms with Gasteiger partial charge in [-0.25, -0.2) is 4.79 Å². The van der Waals surface area contributed by atoms with Gasteiger partial charge >= 0.3 is 6.09 Å². The third kappa shape index (κ3) is 8.67. The molecular weight excluding hydrogens is 276 g/mol. The van der Waals surface area contributed by atoms with Crippen molar-refractivity contribution in [1.82, 2.24) is 10.6 Å². The van der Waals surface area contributed by atoms with Crippen LogP contribution in [-0.4, -0.2) is 30.3 Å². The minimum absolute atomic E-state index is 0.159. The van der Waals surface area contributed by atoms with Gasteiger partial charge in [-0.2, -0.15) is 0 Å². The van der Waals surface area contributed by atoms with E-state index in [1.54, 1.807) is 0 Å². The minimum Gasteiger partial charge on any atom is -0.444 e. The summed E-state index contributed by atoms with van der Waals surface area (Å²) < 4.78 is 5.24. The Balaban J connectivity index is 2.22. The van der Waals surface area contributed by atoms with Crippen LogP contribution in [0.4, 0.5) is 4.79 Å². The van der Waals surface area contributed by atoms with Gasteiger partial charge in [0.25, 0.3) is 0 Å². The largest absolute Gasteiger partial charge is 0.444 e. The Morgan fingerprint density at radius 3 is 2.32 bits per heavy atom. The molecule has 124 valence electrons. The van der Waals surface area contributed by atoms with Gasteiger partial charge in [0.15, 0.2) is 0 Å². The molecule has 1 amide bonds. The van der Waals surface area contributed by atoms with Crippen LogP contribution in [-0.2, 0) is 11.2 Å². The van der Waals surface area contributed by atoms with Gasteiger partial charge in [0, 0.05) is 12.1 Å². The Morgan fingerprint density at radius 2 is 1.73 bits per heavy atom. The van der Waals surface area contributed by atoms with E-state index in [1.807, 2.05) is 26.8 Å². The predicted octanol–water partition coefficient (Wildman–Crippen LogP) is 3.51. The molecule has 0 bridgehead atoms. The van der Waals surface area contributed by atoms with Crippen molar-refractivity contribution in [3.05, 3.63) is 35.9 Å². The van der Waals surface area contributed by atoms with E-state index in [4.69, 9.17) is 4.74 Å². The third-order valence-corrected chi connectivity index (χ3v) is 3.16. The number of hydrogen-bond acceptors (Lipinski definition) is 3. The normalized spacial score (nSPS) is 12.0. The fourth-order valence-corrected chi connectivity index (χ4v) is 2.03. The Kier molecular flexibility index (Phi) is 6.88. The number of carbonyl (C=O) groups excluding carboxylic acids is 1. The summed E-state index contributed by atoms with van der Waals surface area (Å²) in [5.74, 6) is 0. The van der Waals surface area contributed by atoms with Crippen molar-refractivity contribution < 1.29 is 9.53 Å². The number of nitrogens with one attached hydrogen (secondary N) is 2. The van der Waals surface area contributed by atoms with Crippen LogP contribution in [0.3, 0.4) is 0 Å². The van der Waals surface area contributed by atoms with Crippen LogP contribution < -0.4 is 10.6 Å². The first-order valence-corrected chi connectivity index (χ1v) is 7.94. The zero-order valence-corrected chi connectivity index (χ0v) is 14.5. The van der Waals surface area contributed by atoms with Gasteiger partial charge in [-0.1, -0.05) is 30.3 Å². The molecule has 2 N–H and O–H groups in total. The van der Waals surface area contributed by atoms with Crippen molar-refractivity contribution in [2.24, 2.45) is 0 Å². The summed E-state index contributed by atoms with van der Waals surface area (Å²) in [7, 11) is 0. The van der Waals surface area contributed by atoms with E-state index in [0.717, 1.165) is 19.4 Å². The maximum atomic E-state index is 11.7. The van der Waals surface area contributed by atoms with Crippen LogP contribution in [0.1, 0.15) is 46.6 Å². The topological polar surface area (TPSA) is 50.4 Å². The van der Waals surface area contributed by atoms with Crippen molar-refractivity contribution in [3.8, 4) is 0 Å². The lowest BCUT2D eigenvalue weighted by molar-refractivity contribution is 0.0513. The van der Waals surface area contributed by atoms with E-state index in [9.17, 15) is 4.79 Å². The molecule has 0 aliphatic carbocycles. The van der Waals surface area contributed by atoms with Gasteiger partial charge < -0.3 is 15.4 Å². The number of aryl methyl sites for hydroxylation is 1. The van der Waals surface area contributed by atoms with Crippen LogP contribution in [0.25, 0.3) is 0 Å². The molecule has 0 aromatic heterocycles. The van der Waals surface area contributed by atoms with Gasteiger partial charge in [0.1, 0.15) is 5.60 Å². The van der Waals surface area contributed by atoms with Gasteiger partial charge in [-0.05, 0) is 59.6 Å². The molecular formula is C18H30N2O2. The number of benzene rings is 1. The second-order valence-electron chi connectivity index (χ2n) is 7.26. The van der Waals surface area contributed by atoms with Crippen molar-refractivity contribution in [2.75, 3.05) is 13.1 Å². The molecule has 1 aromatic carbocycles. The molecule has 0 unspecified atom stereocenters. The van der Waals surface area contributed by atoms with Crippen LogP contribution >= 0.6 is 0 Å². The maximum absolute atomic E-state index is 11.7. The van der Waals surface area contributed by atoms with Crippen molar-refractivity contribution in [2.45, 2.75) is 58.6 Å². The quantitative estimate of drug-likeness (QED) is 0.758. The number of amides is 1. The molecule has 0 atom stereocenters. The summed E-state index contributed by atoms with van der Waals surface area (Å²) in [6, 6.07) is 10.5. The van der Waals surface area contributed by atoms with Gasteiger partial charge in [0.2, 0.25) is 0 Å². The lowest BCUT2D eigenvalue weighted by Gasteiger charge is -2.28. The lowest BCUT2D eigenvalue weighted by Crippen LogP contribution is -2.50. The molecule has 4 heteroatoms. The van der Waals surface area contributed by atoms with E-state index in [2.05, 4.69) is 48.7 Å². The number of rotatable bonds is 7. The number of ether oxygens (including phenoxy) is 1. The lowest BCUT2D eigenvalue weighted by atomic mass is 10.0. The summed E-state index contributed by atoms with van der Waals surface area (Å²) in [4.78, 5) is 11.7. The van der Waals surface area contributed by atoms with E-state index in [-0.39, 0.29) is 11.6 Å². The molecule has 0 heterocycles. The fourth-order valence-electron chi connectivity index (χ4n) is 2.03. The van der Waals surface area contributed by atoms with Gasteiger partial charge in [-0.3, -0.25) is 0 Å². The summed E-state index contributed by atoms with van der Waals surface area (Å²) in [5.41, 5.74) is 0.735. The van der Waals surface area contributed by atoms with Crippen LogP contribution in [0.15, 0.2) is 30.3 Å². The number of alkyl carbamates (subject to hydrolysis) is 1. The standard InChI is InChI=1S/C18H30N2O2/c1-17(2,3)22-16(21)19-14-18(4,5)20-13-9-12-15-10-7-6-8-11-15/h6-8,10-11,20H,9,12-14H2,1-5H3,(H,19,21). The molecule has 0 saturated carbocycles. The predicted molar refractivity (Wildman–Crippen MR) is 91.1 cm³/mol. The summed E-state index contributed by atoms with van der Waals surface area (Å²) >= 11 is 0. The molecule has 4 nitrogen and oxygen atoms in total. The van der Waals surface area contributed by atoms with E-state index in [0.29, 0.717) is 6.54 Å². The highest BCUT2D eigenvalue weighted by Crippen LogP contribution is 2.08. The molecule has 1 rings (SSSR count). The third-order valence-electron chi connectivity index (χ3n) is 3.16. The smallest absolute Gasteiger partial charge is 0.407 e. The molecule has 22 heavy (non-hydrogen) atoms. The van der Waals surface area contributed by atoms with E-state index >= 15 is 0 Å².